The molecule has 2 heterocycles. The fourth-order valence-electron chi connectivity index (χ4n) is 5.26. The molecule has 0 spiro atoms. The third-order valence-electron chi connectivity index (χ3n) is 7.10. The molecule has 0 aliphatic carbocycles. The van der Waals surface area contributed by atoms with Crippen LogP contribution in [0.1, 0.15) is 43.2 Å². The number of likely N-dealkylation sites (tertiary alicyclic amines) is 1. The summed E-state index contributed by atoms with van der Waals surface area (Å²) in [6.45, 7) is 5.54. The maximum absolute atomic E-state index is 11.4. The number of piperidine rings is 1. The second-order valence-corrected chi connectivity index (χ2v) is 10.1. The van der Waals surface area contributed by atoms with Crippen LogP contribution in [0.5, 0.6) is 0 Å². The molecule has 0 atom stereocenters. The number of carbonyl (C=O) groups excluding carboxylic acids is 1. The summed E-state index contributed by atoms with van der Waals surface area (Å²) >= 11 is 6.12. The Bertz CT molecular complexity index is 1450. The number of nitrogens with zero attached hydrogens (tertiary/aromatic N) is 4. The number of nitriles is 1. The predicted octanol–water partition coefficient (Wildman–Crippen LogP) is 6.46. The fraction of sp³-hybridized carbons (Fsp3) is 0.300. The Labute approximate surface area is 222 Å². The number of hydrogen-bond donors (Lipinski definition) is 1. The molecular formula is C30H30ClN5O. The van der Waals surface area contributed by atoms with Crippen LogP contribution in [0, 0.1) is 11.3 Å². The van der Waals surface area contributed by atoms with Crippen LogP contribution in [0.3, 0.4) is 0 Å². The van der Waals surface area contributed by atoms with Gasteiger partial charge in [-0.3, -0.25) is 4.79 Å². The van der Waals surface area contributed by atoms with Gasteiger partial charge in [-0.25, -0.2) is 4.98 Å². The summed E-state index contributed by atoms with van der Waals surface area (Å²) in [5.74, 6) is 1.38. The smallest absolute Gasteiger partial charge is 0.221 e. The third kappa shape index (κ3) is 5.85. The van der Waals surface area contributed by atoms with Crippen LogP contribution in [0.4, 0.5) is 5.69 Å². The quantitative estimate of drug-likeness (QED) is 0.309. The lowest BCUT2D eigenvalue weighted by molar-refractivity contribution is -0.114. The Hall–Kier alpha value is -3.66. The minimum Gasteiger partial charge on any atom is -0.326 e. The van der Waals surface area contributed by atoms with Crippen molar-refractivity contribution in [2.24, 2.45) is 0 Å². The molecule has 1 N–H and O–H groups in total. The first-order valence-electron chi connectivity index (χ1n) is 12.8. The molecule has 1 aliphatic rings. The Morgan fingerprint density at radius 1 is 1.08 bits per heavy atom. The molecule has 1 aromatic heterocycles. The molecule has 6 nitrogen and oxygen atoms in total. The molecule has 0 saturated carbocycles. The van der Waals surface area contributed by atoms with Crippen molar-refractivity contribution < 1.29 is 4.79 Å². The fourth-order valence-corrected chi connectivity index (χ4v) is 5.39. The van der Waals surface area contributed by atoms with Crippen molar-refractivity contribution in [3.05, 3.63) is 82.9 Å². The van der Waals surface area contributed by atoms with E-state index in [1.807, 2.05) is 54.6 Å². The lowest BCUT2D eigenvalue weighted by Gasteiger charge is -2.32. The van der Waals surface area contributed by atoms with E-state index >= 15 is 0 Å². The molecule has 4 aromatic rings. The van der Waals surface area contributed by atoms with Crippen LogP contribution >= 0.6 is 11.6 Å². The molecule has 5 rings (SSSR count). The molecule has 3 aromatic carbocycles. The Kier molecular flexibility index (Phi) is 7.55. The number of aryl methyl sites for hydroxylation is 1. The van der Waals surface area contributed by atoms with Crippen LogP contribution in [0.15, 0.2) is 66.7 Å². The average Bonchev–Trinajstić information content (AvgIpc) is 3.27. The molecule has 1 saturated heterocycles. The summed E-state index contributed by atoms with van der Waals surface area (Å²) in [4.78, 5) is 18.8. The number of amides is 1. The van der Waals surface area contributed by atoms with E-state index in [0.717, 1.165) is 73.6 Å². The van der Waals surface area contributed by atoms with Gasteiger partial charge in [-0.15, -0.1) is 0 Å². The highest BCUT2D eigenvalue weighted by molar-refractivity contribution is 6.30. The van der Waals surface area contributed by atoms with Crippen molar-refractivity contribution in [2.75, 3.05) is 25.0 Å². The normalized spacial score (nSPS) is 14.5. The van der Waals surface area contributed by atoms with Gasteiger partial charge in [0.25, 0.3) is 0 Å². The third-order valence-corrected chi connectivity index (χ3v) is 7.35. The van der Waals surface area contributed by atoms with E-state index in [2.05, 4.69) is 33.0 Å². The largest absolute Gasteiger partial charge is 0.326 e. The predicted molar refractivity (Wildman–Crippen MR) is 149 cm³/mol. The molecule has 1 amide bonds. The number of anilines is 1. The van der Waals surface area contributed by atoms with Crippen LogP contribution in [0.25, 0.3) is 22.4 Å². The monoisotopic (exact) mass is 511 g/mol. The Morgan fingerprint density at radius 3 is 2.59 bits per heavy atom. The first-order valence-corrected chi connectivity index (χ1v) is 13.1. The molecule has 0 unspecified atom stereocenters. The van der Waals surface area contributed by atoms with Crippen molar-refractivity contribution in [1.82, 2.24) is 14.5 Å². The summed E-state index contributed by atoms with van der Waals surface area (Å²) in [6.07, 6.45) is 3.24. The van der Waals surface area contributed by atoms with Gasteiger partial charge in [-0.1, -0.05) is 23.7 Å². The number of halogens is 1. The summed E-state index contributed by atoms with van der Waals surface area (Å²) < 4.78 is 2.26. The van der Waals surface area contributed by atoms with E-state index in [0.29, 0.717) is 16.5 Å². The van der Waals surface area contributed by atoms with E-state index in [1.165, 1.54) is 5.56 Å². The molecule has 1 aliphatic heterocycles. The van der Waals surface area contributed by atoms with E-state index < -0.39 is 0 Å². The Morgan fingerprint density at radius 2 is 1.86 bits per heavy atom. The zero-order chi connectivity index (χ0) is 25.8. The molecule has 0 radical (unpaired) electrons. The molecule has 37 heavy (non-hydrogen) atoms. The number of hydrogen-bond acceptors (Lipinski definition) is 4. The number of imidazole rings is 1. The first kappa shape index (κ1) is 25.0. The van der Waals surface area contributed by atoms with Crippen LogP contribution < -0.4 is 5.32 Å². The molecule has 188 valence electrons. The van der Waals surface area contributed by atoms with E-state index in [-0.39, 0.29) is 5.91 Å². The number of carbonyl (C=O) groups is 1. The van der Waals surface area contributed by atoms with E-state index in [9.17, 15) is 10.1 Å². The van der Waals surface area contributed by atoms with Gasteiger partial charge in [0.2, 0.25) is 5.91 Å². The highest BCUT2D eigenvalue weighted by Crippen LogP contribution is 2.30. The molecular weight excluding hydrogens is 482 g/mol. The number of aromatic nitrogens is 2. The standard InChI is InChI=1S/C30H30ClN5O/c1-21(37)33-27-5-2-4-25(19-27)23-12-16-35(17-13-23)14-3-15-36-29-11-6-22(20-32)18-28(29)34-30(36)24-7-9-26(31)10-8-24/h2,4-11,18-19,23H,3,12-17H2,1H3,(H,33,37). The number of nitrogens with one attached hydrogen (secondary N) is 1. The summed E-state index contributed by atoms with van der Waals surface area (Å²) in [7, 11) is 0. The van der Waals surface area contributed by atoms with Gasteiger partial charge in [0, 0.05) is 29.7 Å². The number of benzene rings is 3. The van der Waals surface area contributed by atoms with Gasteiger partial charge >= 0.3 is 0 Å². The van der Waals surface area contributed by atoms with Gasteiger partial charge in [0.1, 0.15) is 5.82 Å². The van der Waals surface area contributed by atoms with Crippen LogP contribution in [-0.2, 0) is 11.3 Å². The lowest BCUT2D eigenvalue weighted by Crippen LogP contribution is -2.34. The van der Waals surface area contributed by atoms with Crippen LogP contribution in [0.2, 0.25) is 5.02 Å². The van der Waals surface area contributed by atoms with Crippen LogP contribution in [-0.4, -0.2) is 40.0 Å². The zero-order valence-electron chi connectivity index (χ0n) is 21.0. The van der Waals surface area contributed by atoms with Gasteiger partial charge in [-0.05, 0) is 105 Å². The average molecular weight is 512 g/mol. The van der Waals surface area contributed by atoms with E-state index in [4.69, 9.17) is 16.6 Å². The number of fused-ring (bicyclic) bond motifs is 1. The van der Waals surface area contributed by atoms with E-state index in [1.54, 1.807) is 6.92 Å². The summed E-state index contributed by atoms with van der Waals surface area (Å²) in [5, 5.41) is 12.9. The van der Waals surface area contributed by atoms with Gasteiger partial charge in [-0.2, -0.15) is 5.26 Å². The minimum atomic E-state index is -0.0395. The maximum atomic E-state index is 11.4. The molecule has 1 fully saturated rings. The molecule has 0 bridgehead atoms. The zero-order valence-corrected chi connectivity index (χ0v) is 21.7. The van der Waals surface area contributed by atoms with Crippen molar-refractivity contribution in [2.45, 2.75) is 38.6 Å². The highest BCUT2D eigenvalue weighted by Gasteiger charge is 2.21. The lowest BCUT2D eigenvalue weighted by atomic mass is 9.89. The van der Waals surface area contributed by atoms with Crippen molar-refractivity contribution in [1.29, 1.82) is 5.26 Å². The van der Waals surface area contributed by atoms with Gasteiger partial charge < -0.3 is 14.8 Å². The highest BCUT2D eigenvalue weighted by atomic mass is 35.5. The topological polar surface area (TPSA) is 74.0 Å². The van der Waals surface area contributed by atoms with Crippen molar-refractivity contribution >= 4 is 34.2 Å². The SMILES string of the molecule is CC(=O)Nc1cccc(C2CCN(CCCn3c(-c4ccc(Cl)cc4)nc4cc(C#N)ccc43)CC2)c1. The second kappa shape index (κ2) is 11.2. The summed E-state index contributed by atoms with van der Waals surface area (Å²) in [6, 6.07) is 24.0. The van der Waals surface area contributed by atoms with Crippen molar-refractivity contribution in [3.63, 3.8) is 0 Å². The molecule has 7 heteroatoms. The Balaban J connectivity index is 1.24. The maximum Gasteiger partial charge on any atom is 0.221 e. The second-order valence-electron chi connectivity index (χ2n) is 9.69. The minimum absolute atomic E-state index is 0.0395. The van der Waals surface area contributed by atoms with Gasteiger partial charge in [0.15, 0.2) is 0 Å². The van der Waals surface area contributed by atoms with Crippen molar-refractivity contribution in [3.8, 4) is 17.5 Å². The number of rotatable bonds is 7. The van der Waals surface area contributed by atoms with Gasteiger partial charge in [0.05, 0.1) is 22.7 Å². The first-order chi connectivity index (χ1) is 18.0. The summed E-state index contributed by atoms with van der Waals surface area (Å²) in [5.41, 5.74) is 5.69.